The van der Waals surface area contributed by atoms with Gasteiger partial charge in [-0.2, -0.15) is 0 Å². The minimum Gasteiger partial charge on any atom is -0.299 e. The lowest BCUT2D eigenvalue weighted by molar-refractivity contribution is -0.123. The first kappa shape index (κ1) is 8.39. The molecule has 2 fully saturated rings. The minimum atomic E-state index is 0.0720. The molecule has 3 rings (SSSR count). The summed E-state index contributed by atoms with van der Waals surface area (Å²) in [6.07, 6.45) is 4.59. The Hall–Kier alpha value is -0.920. The van der Waals surface area contributed by atoms with Crippen LogP contribution in [0.15, 0.2) is 11.6 Å². The molecule has 2 saturated carbocycles. The molecule has 14 heavy (non-hydrogen) atoms. The molecule has 74 valence electrons. The number of carbonyl (C=O) groups is 2. The molecule has 4 unspecified atom stereocenters. The highest BCUT2D eigenvalue weighted by Gasteiger charge is 2.57. The molecule has 0 spiro atoms. The monoisotopic (exact) mass is 190 g/mol. The summed E-state index contributed by atoms with van der Waals surface area (Å²) >= 11 is 0. The number of allylic oxidation sites excluding steroid dienone is 2. The summed E-state index contributed by atoms with van der Waals surface area (Å²) in [5.74, 6) is 1.40. The maximum Gasteiger partial charge on any atom is 0.144 e. The lowest BCUT2D eigenvalue weighted by Gasteiger charge is -2.22. The highest BCUT2D eigenvalue weighted by Crippen LogP contribution is 2.56. The lowest BCUT2D eigenvalue weighted by Crippen LogP contribution is -2.24. The molecular weight excluding hydrogens is 176 g/mol. The molecule has 0 amide bonds. The van der Waals surface area contributed by atoms with Gasteiger partial charge in [0.25, 0.3) is 0 Å². The molecule has 3 aliphatic rings. The van der Waals surface area contributed by atoms with Gasteiger partial charge in [-0.15, -0.1) is 0 Å². The molecule has 0 aliphatic heterocycles. The summed E-state index contributed by atoms with van der Waals surface area (Å²) in [6, 6.07) is 0. The number of carbonyl (C=O) groups excluding carboxylic acids is 2. The quantitative estimate of drug-likeness (QED) is 0.466. The normalized spacial score (nSPS) is 44.5. The molecule has 0 N–H and O–H groups in total. The number of ketones is 2. The Balaban J connectivity index is 2.02. The summed E-state index contributed by atoms with van der Waals surface area (Å²) in [5.41, 5.74) is 1.43. The van der Waals surface area contributed by atoms with Crippen LogP contribution in [0.3, 0.4) is 0 Å². The van der Waals surface area contributed by atoms with E-state index < -0.39 is 0 Å². The van der Waals surface area contributed by atoms with E-state index in [2.05, 4.69) is 13.0 Å². The van der Waals surface area contributed by atoms with E-state index >= 15 is 0 Å². The van der Waals surface area contributed by atoms with Gasteiger partial charge in [0.1, 0.15) is 11.6 Å². The van der Waals surface area contributed by atoms with Crippen molar-refractivity contribution in [1.29, 1.82) is 0 Å². The van der Waals surface area contributed by atoms with Crippen molar-refractivity contribution < 1.29 is 9.59 Å². The zero-order chi connectivity index (χ0) is 9.87. The Kier molecular flexibility index (Phi) is 1.53. The first-order valence-electron chi connectivity index (χ1n) is 5.48. The van der Waals surface area contributed by atoms with E-state index in [-0.39, 0.29) is 29.8 Å². The third-order valence-corrected chi connectivity index (χ3v) is 4.21. The second kappa shape index (κ2) is 2.56. The maximum atomic E-state index is 11.7. The Labute approximate surface area is 83.4 Å². The van der Waals surface area contributed by atoms with E-state index in [0.717, 1.165) is 12.8 Å². The molecule has 4 atom stereocenters. The van der Waals surface area contributed by atoms with Crippen LogP contribution in [0.5, 0.6) is 0 Å². The van der Waals surface area contributed by atoms with Crippen LogP contribution >= 0.6 is 0 Å². The summed E-state index contributed by atoms with van der Waals surface area (Å²) < 4.78 is 0. The van der Waals surface area contributed by atoms with Gasteiger partial charge in [0.05, 0.1) is 6.42 Å². The van der Waals surface area contributed by atoms with Gasteiger partial charge in [-0.25, -0.2) is 0 Å². The van der Waals surface area contributed by atoms with Crippen LogP contribution in [0.4, 0.5) is 0 Å². The zero-order valence-corrected chi connectivity index (χ0v) is 8.32. The van der Waals surface area contributed by atoms with E-state index in [1.807, 2.05) is 0 Å². The highest BCUT2D eigenvalue weighted by molar-refractivity contribution is 6.09. The Bertz CT molecular complexity index is 353. The van der Waals surface area contributed by atoms with Crippen LogP contribution in [0, 0.1) is 23.7 Å². The first-order valence-corrected chi connectivity index (χ1v) is 5.48. The minimum absolute atomic E-state index is 0.0720. The van der Waals surface area contributed by atoms with Crippen molar-refractivity contribution in [2.45, 2.75) is 26.2 Å². The highest BCUT2D eigenvalue weighted by atomic mass is 16.2. The average Bonchev–Trinajstić information content (AvgIpc) is 2.78. The Morgan fingerprint density at radius 3 is 2.71 bits per heavy atom. The predicted molar refractivity (Wildman–Crippen MR) is 51.6 cm³/mol. The van der Waals surface area contributed by atoms with Crippen LogP contribution in [0.2, 0.25) is 0 Å². The first-order chi connectivity index (χ1) is 6.72. The van der Waals surface area contributed by atoms with E-state index in [1.54, 1.807) is 0 Å². The fraction of sp³-hybridized carbons (Fsp3) is 0.667. The second-order valence-corrected chi connectivity index (χ2v) is 4.76. The Morgan fingerprint density at radius 1 is 1.29 bits per heavy atom. The van der Waals surface area contributed by atoms with Gasteiger partial charge in [0, 0.05) is 11.8 Å². The van der Waals surface area contributed by atoms with Crippen molar-refractivity contribution >= 4 is 11.6 Å². The largest absolute Gasteiger partial charge is 0.299 e. The molecule has 0 saturated heterocycles. The summed E-state index contributed by atoms with van der Waals surface area (Å²) in [7, 11) is 0. The van der Waals surface area contributed by atoms with E-state index in [4.69, 9.17) is 0 Å². The van der Waals surface area contributed by atoms with E-state index in [0.29, 0.717) is 11.8 Å². The molecule has 0 aromatic rings. The van der Waals surface area contributed by atoms with Gasteiger partial charge in [-0.05, 0) is 24.7 Å². The van der Waals surface area contributed by atoms with Crippen LogP contribution in [-0.4, -0.2) is 11.6 Å². The molecule has 0 heterocycles. The van der Waals surface area contributed by atoms with Gasteiger partial charge in [-0.1, -0.05) is 18.6 Å². The number of Topliss-reactive ketones (excluding diaryl/α,β-unsaturated/α-hetero) is 2. The molecule has 2 nitrogen and oxygen atoms in total. The fourth-order valence-electron chi connectivity index (χ4n) is 3.71. The van der Waals surface area contributed by atoms with Crippen molar-refractivity contribution in [3.8, 4) is 0 Å². The third kappa shape index (κ3) is 0.819. The van der Waals surface area contributed by atoms with Gasteiger partial charge < -0.3 is 0 Å². The van der Waals surface area contributed by atoms with Crippen LogP contribution in [-0.2, 0) is 9.59 Å². The van der Waals surface area contributed by atoms with Gasteiger partial charge in [-0.3, -0.25) is 9.59 Å². The van der Waals surface area contributed by atoms with Gasteiger partial charge in [0.2, 0.25) is 0 Å². The van der Waals surface area contributed by atoms with Crippen molar-refractivity contribution in [3.63, 3.8) is 0 Å². The van der Waals surface area contributed by atoms with E-state index in [1.165, 1.54) is 5.57 Å². The van der Waals surface area contributed by atoms with Crippen molar-refractivity contribution in [3.05, 3.63) is 11.6 Å². The SMILES string of the molecule is CCC1=CC2CC1C1C(=O)CC(=O)C21. The molecule has 0 aromatic heterocycles. The average molecular weight is 190 g/mol. The topological polar surface area (TPSA) is 34.1 Å². The number of hydrogen-bond donors (Lipinski definition) is 0. The van der Waals surface area contributed by atoms with Crippen LogP contribution in [0.1, 0.15) is 26.2 Å². The van der Waals surface area contributed by atoms with Crippen LogP contribution in [0.25, 0.3) is 0 Å². The summed E-state index contributed by atoms with van der Waals surface area (Å²) in [6.45, 7) is 2.14. The van der Waals surface area contributed by atoms with Crippen LogP contribution < -0.4 is 0 Å². The number of fused-ring (bicyclic) bond motifs is 5. The van der Waals surface area contributed by atoms with Crippen molar-refractivity contribution in [1.82, 2.24) is 0 Å². The zero-order valence-electron chi connectivity index (χ0n) is 8.32. The van der Waals surface area contributed by atoms with Crippen molar-refractivity contribution in [2.24, 2.45) is 23.7 Å². The van der Waals surface area contributed by atoms with Crippen molar-refractivity contribution in [2.75, 3.05) is 0 Å². The smallest absolute Gasteiger partial charge is 0.144 e. The van der Waals surface area contributed by atoms with E-state index in [9.17, 15) is 9.59 Å². The fourth-order valence-corrected chi connectivity index (χ4v) is 3.71. The lowest BCUT2D eigenvalue weighted by atomic mass is 9.80. The number of hydrogen-bond acceptors (Lipinski definition) is 2. The molecule has 0 aromatic carbocycles. The molecule has 0 radical (unpaired) electrons. The van der Waals surface area contributed by atoms with Gasteiger partial charge in [0.15, 0.2) is 0 Å². The number of rotatable bonds is 1. The summed E-state index contributed by atoms with van der Waals surface area (Å²) in [5, 5.41) is 0. The Morgan fingerprint density at radius 2 is 2.00 bits per heavy atom. The maximum absolute atomic E-state index is 11.7. The molecule has 2 bridgehead atoms. The van der Waals surface area contributed by atoms with Gasteiger partial charge >= 0.3 is 0 Å². The predicted octanol–water partition coefficient (Wildman–Crippen LogP) is 1.75. The molecule has 2 heteroatoms. The second-order valence-electron chi connectivity index (χ2n) is 4.76. The standard InChI is InChI=1S/C12H14O2/c1-2-6-3-7-4-8(6)12-10(14)5-9(13)11(7)12/h3,7-8,11-12H,2,4-5H2,1H3. The summed E-state index contributed by atoms with van der Waals surface area (Å²) in [4.78, 5) is 23.3. The third-order valence-electron chi connectivity index (χ3n) is 4.21. The molecular formula is C12H14O2. The molecule has 3 aliphatic carbocycles.